The van der Waals surface area contributed by atoms with Crippen LogP contribution < -0.4 is 5.73 Å². The average Bonchev–Trinajstić information content (AvgIpc) is 2.36. The molecule has 2 N–H and O–H groups in total. The number of carbonyl (C=O) groups is 1. The molecular weight excluding hydrogens is 164 g/mol. The molecule has 0 bridgehead atoms. The molecule has 1 saturated heterocycles. The second kappa shape index (κ2) is 4.09. The number of carbonyl (C=O) groups excluding carboxylic acids is 1. The van der Waals surface area contributed by atoms with Gasteiger partial charge >= 0.3 is 0 Å². The predicted molar refractivity (Wildman–Crippen MR) is 53.2 cm³/mol. The van der Waals surface area contributed by atoms with Crippen molar-refractivity contribution in [2.45, 2.75) is 33.2 Å². The van der Waals surface area contributed by atoms with Gasteiger partial charge in [0.1, 0.15) is 0 Å². The van der Waals surface area contributed by atoms with Crippen molar-refractivity contribution >= 4 is 5.91 Å². The molecule has 0 aromatic rings. The minimum atomic E-state index is -0.237. The molecule has 0 aliphatic carbocycles. The highest BCUT2D eigenvalue weighted by Gasteiger charge is 2.29. The highest BCUT2D eigenvalue weighted by atomic mass is 16.2. The quantitative estimate of drug-likeness (QED) is 0.706. The van der Waals surface area contributed by atoms with E-state index < -0.39 is 0 Å². The van der Waals surface area contributed by atoms with Gasteiger partial charge in [0.2, 0.25) is 5.91 Å². The Labute approximate surface area is 80.3 Å². The Hall–Kier alpha value is -0.570. The zero-order valence-corrected chi connectivity index (χ0v) is 8.79. The Bertz CT molecular complexity index is 191. The second-order valence-corrected chi connectivity index (χ2v) is 4.40. The fraction of sp³-hybridized carbons (Fsp3) is 0.900. The molecule has 0 saturated carbocycles. The summed E-state index contributed by atoms with van der Waals surface area (Å²) in [6, 6.07) is -0.237. The molecule has 1 aliphatic heterocycles. The number of hydrogen-bond acceptors (Lipinski definition) is 2. The lowest BCUT2D eigenvalue weighted by Gasteiger charge is -2.23. The topological polar surface area (TPSA) is 46.3 Å². The van der Waals surface area contributed by atoms with E-state index in [1.54, 1.807) is 0 Å². The van der Waals surface area contributed by atoms with Gasteiger partial charge < -0.3 is 10.6 Å². The van der Waals surface area contributed by atoms with Gasteiger partial charge in [0.05, 0.1) is 6.04 Å². The van der Waals surface area contributed by atoms with Gasteiger partial charge in [0.25, 0.3) is 0 Å². The summed E-state index contributed by atoms with van der Waals surface area (Å²) in [5.41, 5.74) is 5.63. The fourth-order valence-corrected chi connectivity index (χ4v) is 1.50. The third-order valence-corrected chi connectivity index (χ3v) is 2.99. The van der Waals surface area contributed by atoms with Gasteiger partial charge in [-0.2, -0.15) is 0 Å². The number of rotatable bonds is 3. The van der Waals surface area contributed by atoms with Crippen LogP contribution in [0.4, 0.5) is 0 Å². The number of hydrogen-bond donors (Lipinski definition) is 1. The van der Waals surface area contributed by atoms with E-state index in [0.717, 1.165) is 19.5 Å². The zero-order chi connectivity index (χ0) is 10.0. The maximum atomic E-state index is 11.5. The number of amides is 1. The predicted octanol–water partition coefficient (Wildman–Crippen LogP) is 0.838. The Morgan fingerprint density at radius 3 is 2.54 bits per heavy atom. The fourth-order valence-electron chi connectivity index (χ4n) is 1.50. The van der Waals surface area contributed by atoms with Gasteiger partial charge in [0, 0.05) is 13.1 Å². The van der Waals surface area contributed by atoms with Crippen LogP contribution in [0.25, 0.3) is 0 Å². The molecule has 0 aromatic heterocycles. The normalized spacial score (nSPS) is 25.8. The van der Waals surface area contributed by atoms with Crippen molar-refractivity contribution in [1.29, 1.82) is 0 Å². The molecule has 1 amide bonds. The molecule has 0 spiro atoms. The van der Waals surface area contributed by atoms with Crippen LogP contribution in [0.1, 0.15) is 27.2 Å². The Balaban J connectivity index is 2.42. The van der Waals surface area contributed by atoms with Crippen molar-refractivity contribution in [3.8, 4) is 0 Å². The maximum Gasteiger partial charge on any atom is 0.239 e. The van der Waals surface area contributed by atoms with Crippen LogP contribution in [0.3, 0.4) is 0 Å². The summed E-state index contributed by atoms with van der Waals surface area (Å²) in [5, 5.41) is 0. The largest absolute Gasteiger partial charge is 0.341 e. The first-order chi connectivity index (χ1) is 6.02. The molecule has 1 rings (SSSR count). The van der Waals surface area contributed by atoms with E-state index in [2.05, 4.69) is 20.8 Å². The molecule has 0 aromatic carbocycles. The van der Waals surface area contributed by atoms with E-state index in [0.29, 0.717) is 11.8 Å². The van der Waals surface area contributed by atoms with Crippen molar-refractivity contribution in [2.75, 3.05) is 13.1 Å². The standard InChI is InChI=1S/C10H20N2O/c1-7(2)8(3)6-12-5-4-9(11)10(12)13/h7-9H,4-6,11H2,1-3H3. The molecule has 3 nitrogen and oxygen atoms in total. The average molecular weight is 184 g/mol. The molecule has 0 radical (unpaired) electrons. The van der Waals surface area contributed by atoms with Crippen molar-refractivity contribution in [3.05, 3.63) is 0 Å². The molecule has 3 heteroatoms. The van der Waals surface area contributed by atoms with Crippen LogP contribution in [0.5, 0.6) is 0 Å². The summed E-state index contributed by atoms with van der Waals surface area (Å²) >= 11 is 0. The van der Waals surface area contributed by atoms with E-state index in [1.165, 1.54) is 0 Å². The van der Waals surface area contributed by atoms with Crippen molar-refractivity contribution in [1.82, 2.24) is 4.90 Å². The molecule has 1 aliphatic rings. The van der Waals surface area contributed by atoms with Gasteiger partial charge in [-0.15, -0.1) is 0 Å². The Morgan fingerprint density at radius 2 is 2.15 bits per heavy atom. The third-order valence-electron chi connectivity index (χ3n) is 2.99. The van der Waals surface area contributed by atoms with Crippen molar-refractivity contribution < 1.29 is 4.79 Å². The SMILES string of the molecule is CC(C)C(C)CN1CCC(N)C1=O. The number of nitrogens with two attached hydrogens (primary N) is 1. The van der Waals surface area contributed by atoms with Gasteiger partial charge in [-0.25, -0.2) is 0 Å². The van der Waals surface area contributed by atoms with Gasteiger partial charge in [-0.05, 0) is 18.3 Å². The van der Waals surface area contributed by atoms with Gasteiger partial charge in [-0.3, -0.25) is 4.79 Å². The summed E-state index contributed by atoms with van der Waals surface area (Å²) in [7, 11) is 0. The van der Waals surface area contributed by atoms with Gasteiger partial charge in [-0.1, -0.05) is 20.8 Å². The van der Waals surface area contributed by atoms with E-state index >= 15 is 0 Å². The van der Waals surface area contributed by atoms with E-state index in [1.807, 2.05) is 4.90 Å². The highest BCUT2D eigenvalue weighted by Crippen LogP contribution is 2.16. The molecule has 1 fully saturated rings. The van der Waals surface area contributed by atoms with Crippen LogP contribution in [-0.2, 0) is 4.79 Å². The van der Waals surface area contributed by atoms with Crippen molar-refractivity contribution in [3.63, 3.8) is 0 Å². The van der Waals surface area contributed by atoms with E-state index in [4.69, 9.17) is 5.73 Å². The van der Waals surface area contributed by atoms with Crippen LogP contribution in [0, 0.1) is 11.8 Å². The summed E-state index contributed by atoms with van der Waals surface area (Å²) in [6.07, 6.45) is 0.823. The first-order valence-corrected chi connectivity index (χ1v) is 5.06. The molecule has 13 heavy (non-hydrogen) atoms. The Morgan fingerprint density at radius 1 is 1.54 bits per heavy atom. The number of nitrogens with zero attached hydrogens (tertiary/aromatic N) is 1. The van der Waals surface area contributed by atoms with E-state index in [9.17, 15) is 4.79 Å². The molecule has 76 valence electrons. The zero-order valence-electron chi connectivity index (χ0n) is 8.79. The number of likely N-dealkylation sites (tertiary alicyclic amines) is 1. The van der Waals surface area contributed by atoms with Crippen LogP contribution in [0.15, 0.2) is 0 Å². The lowest BCUT2D eigenvalue weighted by atomic mass is 9.98. The van der Waals surface area contributed by atoms with E-state index in [-0.39, 0.29) is 11.9 Å². The van der Waals surface area contributed by atoms with Gasteiger partial charge in [0.15, 0.2) is 0 Å². The summed E-state index contributed by atoms with van der Waals surface area (Å²) in [6.45, 7) is 8.26. The first kappa shape index (κ1) is 10.5. The molecule has 2 atom stereocenters. The maximum absolute atomic E-state index is 11.5. The monoisotopic (exact) mass is 184 g/mol. The minimum Gasteiger partial charge on any atom is -0.341 e. The van der Waals surface area contributed by atoms with Crippen LogP contribution in [0.2, 0.25) is 0 Å². The molecule has 1 heterocycles. The lowest BCUT2D eigenvalue weighted by molar-refractivity contribution is -0.129. The van der Waals surface area contributed by atoms with Crippen LogP contribution >= 0.6 is 0 Å². The summed E-state index contributed by atoms with van der Waals surface area (Å²) < 4.78 is 0. The smallest absolute Gasteiger partial charge is 0.239 e. The van der Waals surface area contributed by atoms with Crippen LogP contribution in [-0.4, -0.2) is 29.9 Å². The first-order valence-electron chi connectivity index (χ1n) is 5.06. The molecule has 2 unspecified atom stereocenters. The minimum absolute atomic E-state index is 0.132. The summed E-state index contributed by atoms with van der Waals surface area (Å²) in [5.74, 6) is 1.33. The lowest BCUT2D eigenvalue weighted by Crippen LogP contribution is -2.37. The summed E-state index contributed by atoms with van der Waals surface area (Å²) in [4.78, 5) is 13.4. The molecular formula is C10H20N2O. The third kappa shape index (κ3) is 2.44. The highest BCUT2D eigenvalue weighted by molar-refractivity contribution is 5.83. The van der Waals surface area contributed by atoms with Crippen molar-refractivity contribution in [2.24, 2.45) is 17.6 Å². The Kier molecular flexibility index (Phi) is 3.31. The second-order valence-electron chi connectivity index (χ2n) is 4.40.